The van der Waals surface area contributed by atoms with Crippen molar-refractivity contribution in [1.29, 1.82) is 0 Å². The number of hydrogen-bond acceptors (Lipinski definition) is 4. The monoisotopic (exact) mass is 208 g/mol. The predicted molar refractivity (Wildman–Crippen MR) is 54.1 cm³/mol. The lowest BCUT2D eigenvalue weighted by atomic mass is 10.2. The molecule has 1 saturated heterocycles. The summed E-state index contributed by atoms with van der Waals surface area (Å²) in [5.74, 6) is 1.90. The van der Waals surface area contributed by atoms with Gasteiger partial charge in [-0.25, -0.2) is 0 Å². The minimum atomic E-state index is 0.151. The van der Waals surface area contributed by atoms with Gasteiger partial charge in [0.15, 0.2) is 5.82 Å². The molecule has 1 saturated carbocycles. The van der Waals surface area contributed by atoms with Crippen LogP contribution >= 0.6 is 0 Å². The molecule has 2 N–H and O–H groups in total. The Morgan fingerprint density at radius 2 is 2.20 bits per heavy atom. The average molecular weight is 208 g/mol. The van der Waals surface area contributed by atoms with Crippen LogP contribution in [0.4, 0.5) is 0 Å². The third-order valence-electron chi connectivity index (χ3n) is 3.11. The summed E-state index contributed by atoms with van der Waals surface area (Å²) in [5, 5.41) is 8.39. The molecule has 82 valence electrons. The highest BCUT2D eigenvalue weighted by atomic mass is 16.5. The number of aromatic nitrogens is 3. The number of hydrogen-bond donors (Lipinski definition) is 1. The van der Waals surface area contributed by atoms with E-state index in [0.29, 0.717) is 12.6 Å². The highest BCUT2D eigenvalue weighted by Crippen LogP contribution is 2.39. The van der Waals surface area contributed by atoms with Crippen LogP contribution in [0.15, 0.2) is 0 Å². The van der Waals surface area contributed by atoms with Crippen molar-refractivity contribution in [2.75, 3.05) is 6.61 Å². The molecule has 2 aliphatic rings. The molecule has 1 aromatic rings. The van der Waals surface area contributed by atoms with Crippen LogP contribution in [0.2, 0.25) is 0 Å². The average Bonchev–Trinajstić information content (AvgIpc) is 2.83. The van der Waals surface area contributed by atoms with Gasteiger partial charge in [0.2, 0.25) is 0 Å². The van der Waals surface area contributed by atoms with Crippen molar-refractivity contribution < 1.29 is 4.74 Å². The van der Waals surface area contributed by atoms with Crippen molar-refractivity contribution in [2.45, 2.75) is 44.4 Å². The minimum Gasteiger partial charge on any atom is -0.370 e. The predicted octanol–water partition coefficient (Wildman–Crippen LogP) is 0.923. The highest BCUT2D eigenvalue weighted by Gasteiger charge is 2.33. The van der Waals surface area contributed by atoms with Gasteiger partial charge in [-0.3, -0.25) is 0 Å². The Labute approximate surface area is 88.6 Å². The largest absolute Gasteiger partial charge is 0.370 e. The van der Waals surface area contributed by atoms with Crippen molar-refractivity contribution in [1.82, 2.24) is 14.8 Å². The van der Waals surface area contributed by atoms with Gasteiger partial charge in [-0.1, -0.05) is 0 Å². The Bertz CT molecular complexity index is 352. The minimum absolute atomic E-state index is 0.151. The van der Waals surface area contributed by atoms with E-state index in [1.165, 1.54) is 12.8 Å². The lowest BCUT2D eigenvalue weighted by molar-refractivity contribution is 0.101. The molecule has 1 unspecified atom stereocenters. The summed E-state index contributed by atoms with van der Waals surface area (Å²) in [6.45, 7) is 1.32. The zero-order chi connectivity index (χ0) is 10.3. The Balaban J connectivity index is 1.94. The van der Waals surface area contributed by atoms with Gasteiger partial charge in [0.05, 0.1) is 6.54 Å². The maximum absolute atomic E-state index is 5.66. The Kier molecular flexibility index (Phi) is 2.21. The molecular formula is C10H16N4O. The fraction of sp³-hybridized carbons (Fsp3) is 0.800. The van der Waals surface area contributed by atoms with E-state index in [-0.39, 0.29) is 6.10 Å². The fourth-order valence-corrected chi connectivity index (χ4v) is 2.21. The topological polar surface area (TPSA) is 66.0 Å². The van der Waals surface area contributed by atoms with Crippen molar-refractivity contribution in [3.8, 4) is 0 Å². The van der Waals surface area contributed by atoms with E-state index in [1.54, 1.807) is 0 Å². The smallest absolute Gasteiger partial charge is 0.162 e. The zero-order valence-corrected chi connectivity index (χ0v) is 8.72. The summed E-state index contributed by atoms with van der Waals surface area (Å²) < 4.78 is 7.86. The van der Waals surface area contributed by atoms with Gasteiger partial charge in [0.1, 0.15) is 11.9 Å². The molecule has 15 heavy (non-hydrogen) atoms. The summed E-state index contributed by atoms with van der Waals surface area (Å²) >= 11 is 0. The number of nitrogens with two attached hydrogens (primary N) is 1. The standard InChI is InChI=1S/C10H16N4O/c11-6-9-12-13-10(8-2-1-5-15-8)14(9)7-3-4-7/h7-8H,1-6,11H2. The van der Waals surface area contributed by atoms with E-state index in [9.17, 15) is 0 Å². The van der Waals surface area contributed by atoms with Crippen LogP contribution in [0.1, 0.15) is 49.5 Å². The third-order valence-corrected chi connectivity index (χ3v) is 3.11. The zero-order valence-electron chi connectivity index (χ0n) is 8.72. The lowest BCUT2D eigenvalue weighted by Gasteiger charge is -2.12. The molecule has 0 aromatic carbocycles. The third kappa shape index (κ3) is 1.55. The van der Waals surface area contributed by atoms with Crippen LogP contribution in [0.3, 0.4) is 0 Å². The SMILES string of the molecule is NCc1nnc(C2CCCO2)n1C1CC1. The van der Waals surface area contributed by atoms with Crippen molar-refractivity contribution in [3.05, 3.63) is 11.6 Å². The Morgan fingerprint density at radius 3 is 2.80 bits per heavy atom. The second-order valence-corrected chi connectivity index (χ2v) is 4.28. The number of rotatable bonds is 3. The van der Waals surface area contributed by atoms with Gasteiger partial charge < -0.3 is 15.0 Å². The molecule has 0 amide bonds. The van der Waals surface area contributed by atoms with Gasteiger partial charge in [0.25, 0.3) is 0 Å². The molecule has 2 fully saturated rings. The summed E-state index contributed by atoms with van der Waals surface area (Å²) in [6, 6.07) is 0.581. The van der Waals surface area contributed by atoms with Crippen LogP contribution in [0.5, 0.6) is 0 Å². The molecule has 1 aromatic heterocycles. The summed E-state index contributed by atoms with van der Waals surface area (Å²) in [4.78, 5) is 0. The summed E-state index contributed by atoms with van der Waals surface area (Å²) in [6.07, 6.45) is 4.80. The maximum Gasteiger partial charge on any atom is 0.162 e. The van der Waals surface area contributed by atoms with E-state index >= 15 is 0 Å². The molecule has 1 aliphatic carbocycles. The van der Waals surface area contributed by atoms with E-state index < -0.39 is 0 Å². The molecule has 0 radical (unpaired) electrons. The van der Waals surface area contributed by atoms with Crippen molar-refractivity contribution in [3.63, 3.8) is 0 Å². The van der Waals surface area contributed by atoms with Gasteiger partial charge in [-0.2, -0.15) is 0 Å². The molecule has 5 nitrogen and oxygen atoms in total. The summed E-state index contributed by atoms with van der Waals surface area (Å²) in [7, 11) is 0. The van der Waals surface area contributed by atoms with Crippen molar-refractivity contribution >= 4 is 0 Å². The first kappa shape index (κ1) is 9.30. The van der Waals surface area contributed by atoms with E-state index in [4.69, 9.17) is 10.5 Å². The molecule has 3 rings (SSSR count). The van der Waals surface area contributed by atoms with Crippen LogP contribution in [-0.2, 0) is 11.3 Å². The maximum atomic E-state index is 5.66. The first-order valence-corrected chi connectivity index (χ1v) is 5.65. The lowest BCUT2D eigenvalue weighted by Crippen LogP contribution is -2.12. The summed E-state index contributed by atoms with van der Waals surface area (Å²) in [5.41, 5.74) is 5.66. The molecule has 0 spiro atoms. The van der Waals surface area contributed by atoms with Crippen molar-refractivity contribution in [2.24, 2.45) is 5.73 Å². The first-order chi connectivity index (χ1) is 7.40. The molecule has 1 atom stereocenters. The highest BCUT2D eigenvalue weighted by molar-refractivity contribution is 5.06. The normalized spacial score (nSPS) is 26.1. The van der Waals surface area contributed by atoms with Crippen LogP contribution in [0.25, 0.3) is 0 Å². The van der Waals surface area contributed by atoms with Gasteiger partial charge in [-0.05, 0) is 25.7 Å². The Morgan fingerprint density at radius 1 is 1.33 bits per heavy atom. The molecule has 1 aliphatic heterocycles. The van der Waals surface area contributed by atoms with Gasteiger partial charge in [-0.15, -0.1) is 10.2 Å². The van der Waals surface area contributed by atoms with Gasteiger partial charge in [0, 0.05) is 12.6 Å². The molecule has 2 heterocycles. The number of ether oxygens (including phenoxy) is 1. The fourth-order valence-electron chi connectivity index (χ4n) is 2.21. The second-order valence-electron chi connectivity index (χ2n) is 4.28. The molecule has 5 heteroatoms. The van der Waals surface area contributed by atoms with E-state index in [2.05, 4.69) is 14.8 Å². The molecule has 0 bridgehead atoms. The van der Waals surface area contributed by atoms with Crippen LogP contribution in [0, 0.1) is 0 Å². The number of nitrogens with zero attached hydrogens (tertiary/aromatic N) is 3. The van der Waals surface area contributed by atoms with E-state index in [0.717, 1.165) is 31.1 Å². The van der Waals surface area contributed by atoms with Gasteiger partial charge >= 0.3 is 0 Å². The van der Waals surface area contributed by atoms with Crippen LogP contribution < -0.4 is 5.73 Å². The second kappa shape index (κ2) is 3.57. The Hall–Kier alpha value is -0.940. The first-order valence-electron chi connectivity index (χ1n) is 5.65. The quantitative estimate of drug-likeness (QED) is 0.802. The molecular weight excluding hydrogens is 192 g/mol. The van der Waals surface area contributed by atoms with Crippen LogP contribution in [-0.4, -0.2) is 21.4 Å². The van der Waals surface area contributed by atoms with E-state index in [1.807, 2.05) is 0 Å².